The fourth-order valence-corrected chi connectivity index (χ4v) is 2.96. The van der Waals surface area contributed by atoms with Crippen molar-refractivity contribution in [1.29, 1.82) is 0 Å². The monoisotopic (exact) mass is 296 g/mol. The SMILES string of the molecule is CC(C)N(Cc1cccs1)C(=O)NC1(C(=O)O)CCC1. The second kappa shape index (κ2) is 5.83. The first-order valence-electron chi connectivity index (χ1n) is 6.79. The van der Waals surface area contributed by atoms with E-state index in [0.29, 0.717) is 19.4 Å². The number of hydrogen-bond acceptors (Lipinski definition) is 3. The molecule has 0 bridgehead atoms. The van der Waals surface area contributed by atoms with Gasteiger partial charge < -0.3 is 15.3 Å². The quantitative estimate of drug-likeness (QED) is 0.877. The molecule has 0 aliphatic heterocycles. The Labute approximate surface area is 122 Å². The van der Waals surface area contributed by atoms with Gasteiger partial charge >= 0.3 is 12.0 Å². The van der Waals surface area contributed by atoms with Crippen LogP contribution in [0.4, 0.5) is 4.79 Å². The van der Waals surface area contributed by atoms with Crippen molar-refractivity contribution in [2.45, 2.75) is 51.2 Å². The summed E-state index contributed by atoms with van der Waals surface area (Å²) in [5.74, 6) is -0.933. The zero-order valence-electron chi connectivity index (χ0n) is 11.8. The lowest BCUT2D eigenvalue weighted by atomic mass is 9.77. The van der Waals surface area contributed by atoms with E-state index in [0.717, 1.165) is 11.3 Å². The maximum Gasteiger partial charge on any atom is 0.329 e. The van der Waals surface area contributed by atoms with Crippen LogP contribution < -0.4 is 5.32 Å². The third-order valence-corrected chi connectivity index (χ3v) is 4.61. The smallest absolute Gasteiger partial charge is 0.329 e. The van der Waals surface area contributed by atoms with Crippen molar-refractivity contribution in [3.63, 3.8) is 0 Å². The normalized spacial score (nSPS) is 16.6. The summed E-state index contributed by atoms with van der Waals surface area (Å²) >= 11 is 1.59. The molecule has 2 rings (SSSR count). The predicted molar refractivity (Wildman–Crippen MR) is 77.7 cm³/mol. The molecule has 0 saturated heterocycles. The summed E-state index contributed by atoms with van der Waals surface area (Å²) in [5, 5.41) is 14.0. The standard InChI is InChI=1S/C14H20N2O3S/c1-10(2)16(9-11-5-3-8-20-11)13(19)15-14(12(17)18)6-4-7-14/h3,5,8,10H,4,6-7,9H2,1-2H3,(H,15,19)(H,17,18). The molecule has 0 spiro atoms. The van der Waals surface area contributed by atoms with Crippen molar-refractivity contribution in [2.75, 3.05) is 0 Å². The average molecular weight is 296 g/mol. The number of carboxylic acid groups (broad SMARTS) is 1. The van der Waals surface area contributed by atoms with Gasteiger partial charge in [-0.15, -0.1) is 11.3 Å². The highest BCUT2D eigenvalue weighted by atomic mass is 32.1. The summed E-state index contributed by atoms with van der Waals surface area (Å²) in [7, 11) is 0. The number of rotatable bonds is 5. The van der Waals surface area contributed by atoms with Gasteiger partial charge in [-0.2, -0.15) is 0 Å². The molecule has 1 aliphatic carbocycles. The van der Waals surface area contributed by atoms with Crippen LogP contribution in [0.2, 0.25) is 0 Å². The van der Waals surface area contributed by atoms with E-state index in [4.69, 9.17) is 0 Å². The van der Waals surface area contributed by atoms with Crippen LogP contribution in [0, 0.1) is 0 Å². The molecule has 1 aromatic heterocycles. The second-order valence-corrected chi connectivity index (χ2v) is 6.50. The fourth-order valence-electron chi connectivity index (χ4n) is 2.26. The van der Waals surface area contributed by atoms with Gasteiger partial charge in [0.2, 0.25) is 0 Å². The van der Waals surface area contributed by atoms with Gasteiger partial charge in [-0.1, -0.05) is 6.07 Å². The fraction of sp³-hybridized carbons (Fsp3) is 0.571. The van der Waals surface area contributed by atoms with Crippen molar-refractivity contribution < 1.29 is 14.7 Å². The molecular formula is C14H20N2O3S. The van der Waals surface area contributed by atoms with Gasteiger partial charge in [0.1, 0.15) is 5.54 Å². The number of urea groups is 1. The molecule has 1 aromatic rings. The molecule has 0 unspecified atom stereocenters. The van der Waals surface area contributed by atoms with Gasteiger partial charge in [0, 0.05) is 10.9 Å². The van der Waals surface area contributed by atoms with Crippen LogP contribution in [0.1, 0.15) is 38.0 Å². The number of hydrogen-bond donors (Lipinski definition) is 2. The van der Waals surface area contributed by atoms with Crippen LogP contribution in [0.5, 0.6) is 0 Å². The number of nitrogens with one attached hydrogen (secondary N) is 1. The van der Waals surface area contributed by atoms with E-state index in [1.54, 1.807) is 16.2 Å². The largest absolute Gasteiger partial charge is 0.480 e. The third-order valence-electron chi connectivity index (χ3n) is 3.75. The van der Waals surface area contributed by atoms with Crippen LogP contribution in [0.25, 0.3) is 0 Å². The van der Waals surface area contributed by atoms with Gasteiger partial charge in [-0.25, -0.2) is 9.59 Å². The highest BCUT2D eigenvalue weighted by molar-refractivity contribution is 7.09. The molecule has 1 heterocycles. The zero-order chi connectivity index (χ0) is 14.8. The summed E-state index contributed by atoms with van der Waals surface area (Å²) in [6, 6.07) is 3.64. The molecule has 2 amide bonds. The Kier molecular flexibility index (Phi) is 4.32. The first kappa shape index (κ1) is 14.8. The summed E-state index contributed by atoms with van der Waals surface area (Å²) in [6.45, 7) is 4.37. The maximum atomic E-state index is 12.4. The minimum atomic E-state index is -1.06. The van der Waals surface area contributed by atoms with Crippen LogP contribution in [0.3, 0.4) is 0 Å². The molecule has 1 aliphatic rings. The number of aliphatic carboxylic acids is 1. The number of amides is 2. The van der Waals surface area contributed by atoms with Crippen molar-refractivity contribution in [1.82, 2.24) is 10.2 Å². The molecule has 0 radical (unpaired) electrons. The van der Waals surface area contributed by atoms with Crippen molar-refractivity contribution >= 4 is 23.3 Å². The van der Waals surface area contributed by atoms with Crippen LogP contribution in [-0.4, -0.2) is 33.6 Å². The number of carboxylic acids is 1. The Hall–Kier alpha value is -1.56. The lowest BCUT2D eigenvalue weighted by Gasteiger charge is -2.40. The lowest BCUT2D eigenvalue weighted by Crippen LogP contribution is -2.62. The molecule has 1 saturated carbocycles. The Morgan fingerprint density at radius 2 is 2.20 bits per heavy atom. The van der Waals surface area contributed by atoms with Gasteiger partial charge in [-0.3, -0.25) is 0 Å². The minimum absolute atomic E-state index is 0.0167. The number of thiophene rings is 1. The maximum absolute atomic E-state index is 12.4. The average Bonchev–Trinajstić information content (AvgIpc) is 2.82. The third kappa shape index (κ3) is 2.95. The first-order chi connectivity index (χ1) is 9.44. The molecule has 2 N–H and O–H groups in total. The van der Waals surface area contributed by atoms with E-state index in [1.165, 1.54) is 0 Å². The van der Waals surface area contributed by atoms with Crippen LogP contribution >= 0.6 is 11.3 Å². The molecule has 0 aromatic carbocycles. The summed E-state index contributed by atoms with van der Waals surface area (Å²) in [5.41, 5.74) is -1.06. The second-order valence-electron chi connectivity index (χ2n) is 5.47. The Morgan fingerprint density at radius 1 is 1.50 bits per heavy atom. The first-order valence-corrected chi connectivity index (χ1v) is 7.67. The van der Waals surface area contributed by atoms with Gasteiger partial charge in [0.15, 0.2) is 0 Å². The molecule has 20 heavy (non-hydrogen) atoms. The van der Waals surface area contributed by atoms with Crippen molar-refractivity contribution in [2.24, 2.45) is 0 Å². The lowest BCUT2D eigenvalue weighted by molar-refractivity contribution is -0.148. The molecule has 5 nitrogen and oxygen atoms in total. The van der Waals surface area contributed by atoms with E-state index in [2.05, 4.69) is 5.32 Å². The summed E-state index contributed by atoms with van der Waals surface area (Å²) in [4.78, 5) is 26.5. The van der Waals surface area contributed by atoms with Gasteiger partial charge in [-0.05, 0) is 44.6 Å². The van der Waals surface area contributed by atoms with Crippen molar-refractivity contribution in [3.05, 3.63) is 22.4 Å². The number of nitrogens with zero attached hydrogens (tertiary/aromatic N) is 1. The van der Waals surface area contributed by atoms with E-state index in [9.17, 15) is 14.7 Å². The minimum Gasteiger partial charge on any atom is -0.480 e. The Morgan fingerprint density at radius 3 is 2.60 bits per heavy atom. The number of carbonyl (C=O) groups is 2. The van der Waals surface area contributed by atoms with E-state index in [-0.39, 0.29) is 12.1 Å². The Balaban J connectivity index is 2.05. The van der Waals surface area contributed by atoms with E-state index >= 15 is 0 Å². The molecule has 0 atom stereocenters. The van der Waals surface area contributed by atoms with Gasteiger partial charge in [0.25, 0.3) is 0 Å². The topological polar surface area (TPSA) is 69.6 Å². The zero-order valence-corrected chi connectivity index (χ0v) is 12.6. The van der Waals surface area contributed by atoms with Crippen molar-refractivity contribution in [3.8, 4) is 0 Å². The van der Waals surface area contributed by atoms with Crippen LogP contribution in [-0.2, 0) is 11.3 Å². The molecule has 110 valence electrons. The van der Waals surface area contributed by atoms with Crippen LogP contribution in [0.15, 0.2) is 17.5 Å². The highest BCUT2D eigenvalue weighted by Crippen LogP contribution is 2.32. The molecular weight excluding hydrogens is 276 g/mol. The van der Waals surface area contributed by atoms with Gasteiger partial charge in [0.05, 0.1) is 6.54 Å². The van der Waals surface area contributed by atoms with E-state index < -0.39 is 11.5 Å². The summed E-state index contributed by atoms with van der Waals surface area (Å²) in [6.07, 6.45) is 1.87. The Bertz CT molecular complexity index is 481. The summed E-state index contributed by atoms with van der Waals surface area (Å²) < 4.78 is 0. The number of carbonyl (C=O) groups excluding carboxylic acids is 1. The predicted octanol–water partition coefficient (Wildman–Crippen LogP) is 2.68. The van der Waals surface area contributed by atoms with E-state index in [1.807, 2.05) is 31.4 Å². The molecule has 6 heteroatoms. The molecule has 1 fully saturated rings. The highest BCUT2D eigenvalue weighted by Gasteiger charge is 2.46.